The minimum atomic E-state index is -2.82. The molecule has 0 heterocycles. The van der Waals surface area contributed by atoms with Crippen LogP contribution in [0.3, 0.4) is 0 Å². The van der Waals surface area contributed by atoms with Crippen molar-refractivity contribution in [3.8, 4) is 5.75 Å². The van der Waals surface area contributed by atoms with E-state index in [9.17, 15) is 49.2 Å². The molecule has 4 atom stereocenters. The van der Waals surface area contributed by atoms with Crippen molar-refractivity contribution in [2.75, 3.05) is 51.7 Å². The highest BCUT2D eigenvalue weighted by Gasteiger charge is 2.63. The molecule has 0 spiro atoms. The van der Waals surface area contributed by atoms with Gasteiger partial charge in [0.25, 0.3) is 5.91 Å². The number of aliphatic hydroxyl groups is 3. The van der Waals surface area contributed by atoms with Gasteiger partial charge < -0.3 is 45.9 Å². The van der Waals surface area contributed by atoms with Crippen LogP contribution in [0.4, 0.5) is 16.2 Å². The fourth-order valence-electron chi connectivity index (χ4n) is 7.74. The maximum atomic E-state index is 14.4. The van der Waals surface area contributed by atoms with Gasteiger partial charge in [0, 0.05) is 36.8 Å². The van der Waals surface area contributed by atoms with Gasteiger partial charge in [0.1, 0.15) is 23.6 Å². The molecule has 7 N–H and O–H groups in total. The number of Topliss-reactive ketones (excluding diaryl/α,β-unsaturated/α-hetero) is 2. The molecule has 0 aliphatic heterocycles. The minimum Gasteiger partial charge on any atom is -0.510 e. The molecule has 5 rings (SSSR count). The minimum absolute atomic E-state index is 0.0312. The summed E-state index contributed by atoms with van der Waals surface area (Å²) in [6, 6.07) is 9.11. The number of phenols is 1. The lowest BCUT2D eigenvalue weighted by atomic mass is 9.58. The Bertz CT molecular complexity index is 2050. The number of hydrogen-bond donors (Lipinski definition) is 6. The number of aliphatic hydroxyl groups excluding tert-OH is 2. The van der Waals surface area contributed by atoms with E-state index in [-0.39, 0.29) is 36.1 Å². The van der Waals surface area contributed by atoms with Crippen LogP contribution in [0.1, 0.15) is 48.7 Å². The maximum absolute atomic E-state index is 14.4. The zero-order valence-electron chi connectivity index (χ0n) is 32.2. The van der Waals surface area contributed by atoms with Gasteiger partial charge in [0.05, 0.1) is 23.7 Å². The van der Waals surface area contributed by atoms with E-state index in [2.05, 4.69) is 5.32 Å². The molecule has 0 fully saturated rings. The van der Waals surface area contributed by atoms with Crippen LogP contribution in [-0.2, 0) is 41.5 Å². The summed E-state index contributed by atoms with van der Waals surface area (Å²) < 4.78 is 10.2. The van der Waals surface area contributed by atoms with Crippen LogP contribution in [0.2, 0.25) is 0 Å². The zero-order valence-corrected chi connectivity index (χ0v) is 32.2. The number of phenolic OH excluding ortho intramolecular Hbond substituents is 1. The number of fused-ring (bicyclic) bond motifs is 3. The summed E-state index contributed by atoms with van der Waals surface area (Å²) in [6.07, 6.45) is -1.08. The average Bonchev–Trinajstić information content (AvgIpc) is 3.09. The number of nitrogens with one attached hydrogen (secondary N) is 1. The normalized spacial score (nSPS) is 21.8. The third kappa shape index (κ3) is 7.38. The van der Waals surface area contributed by atoms with Crippen LogP contribution in [0.5, 0.6) is 5.75 Å². The molecule has 3 aliphatic rings. The molecular formula is C39H47N5O12. The van der Waals surface area contributed by atoms with Gasteiger partial charge in [-0.05, 0) is 70.8 Å². The molecule has 56 heavy (non-hydrogen) atoms. The van der Waals surface area contributed by atoms with Crippen molar-refractivity contribution in [2.45, 2.75) is 57.2 Å². The van der Waals surface area contributed by atoms with Crippen molar-refractivity contribution in [3.63, 3.8) is 0 Å². The number of nitrogens with zero attached hydrogens (tertiary/aromatic N) is 3. The fourth-order valence-corrected chi connectivity index (χ4v) is 7.74. The Morgan fingerprint density at radius 1 is 1.00 bits per heavy atom. The smallest absolute Gasteiger partial charge is 0.413 e. The number of primary amides is 1. The standard InChI is InChI=1S/C39H47N5O12/c1-38(2,3)44(37(53)56-18-55-26(46)13-19-11-9-8-10-12-19)17-25(45)41-23-16-24(42(4)5)21-14-20-15-22-30(43(6)7)33(49)29(36(40)52)35(51)39(22,54)34(50)27(20)32(48)28(21)31(23)47/h8-12,16,20,22,30,47,49-50,54H,13-15,17-18H2,1-7H3,(H2,40,52)(H,41,45)/t20-,22-,30-,39-/m0/s1. The molecule has 0 unspecified atom stereocenters. The Hall–Kier alpha value is -5.94. The second-order valence-corrected chi connectivity index (χ2v) is 15.5. The number of anilines is 2. The molecule has 17 nitrogen and oxygen atoms in total. The molecule has 0 saturated carbocycles. The zero-order chi connectivity index (χ0) is 41.6. The van der Waals surface area contributed by atoms with Crippen molar-refractivity contribution in [1.29, 1.82) is 0 Å². The molecular weight excluding hydrogens is 730 g/mol. The van der Waals surface area contributed by atoms with E-state index in [4.69, 9.17) is 15.2 Å². The summed E-state index contributed by atoms with van der Waals surface area (Å²) in [7, 11) is 6.43. The number of carbonyl (C=O) groups excluding carboxylic acids is 6. The number of allylic oxidation sites excluding steroid dienone is 1. The van der Waals surface area contributed by atoms with Gasteiger partial charge in [-0.3, -0.25) is 33.8 Å². The molecule has 0 aromatic heterocycles. The second kappa shape index (κ2) is 15.3. The second-order valence-electron chi connectivity index (χ2n) is 15.5. The van der Waals surface area contributed by atoms with E-state index < -0.39 is 101 Å². The summed E-state index contributed by atoms with van der Waals surface area (Å²) in [6.45, 7) is 3.62. The Morgan fingerprint density at radius 2 is 1.64 bits per heavy atom. The SMILES string of the molecule is CN(C)c1cc(NC(=O)CN(C(=O)OCOC(=O)Cc2ccccc2)C(C)(C)C)c(O)c2c1C[C@H]1C[C@H]3[C@H](N(C)C)C(O)=C(C(N)=O)C(=O)[C@@]3(O)C(O)=C1C2=O. The molecule has 2 aromatic rings. The summed E-state index contributed by atoms with van der Waals surface area (Å²) in [5.74, 6) is -9.44. The summed E-state index contributed by atoms with van der Waals surface area (Å²) in [5.41, 5.74) is 1.27. The Balaban J connectivity index is 1.42. The first kappa shape index (κ1) is 41.2. The van der Waals surface area contributed by atoms with Gasteiger partial charge in [-0.15, -0.1) is 0 Å². The topological polar surface area (TPSA) is 250 Å². The van der Waals surface area contributed by atoms with Crippen LogP contribution < -0.4 is 16.0 Å². The molecule has 2 aromatic carbocycles. The third-order valence-electron chi connectivity index (χ3n) is 10.4. The van der Waals surface area contributed by atoms with Gasteiger partial charge in [0.2, 0.25) is 18.5 Å². The quantitative estimate of drug-likeness (QED) is 0.0876. The van der Waals surface area contributed by atoms with Crippen LogP contribution in [0.15, 0.2) is 59.1 Å². The Labute approximate surface area is 322 Å². The lowest BCUT2D eigenvalue weighted by Gasteiger charge is -2.50. The number of likely N-dealkylation sites (N-methyl/N-ethyl adjacent to an activating group) is 1. The van der Waals surface area contributed by atoms with Gasteiger partial charge in [-0.2, -0.15) is 0 Å². The number of aromatic hydroxyl groups is 1. The van der Waals surface area contributed by atoms with E-state index in [1.165, 1.54) is 11.0 Å². The van der Waals surface area contributed by atoms with E-state index in [0.29, 0.717) is 16.8 Å². The number of carbonyl (C=O) groups is 6. The van der Waals surface area contributed by atoms with Gasteiger partial charge in [-0.25, -0.2) is 4.79 Å². The van der Waals surface area contributed by atoms with Crippen molar-refractivity contribution >= 4 is 46.8 Å². The summed E-state index contributed by atoms with van der Waals surface area (Å²) in [4.78, 5) is 83.4. The van der Waals surface area contributed by atoms with Crippen LogP contribution in [-0.4, -0.2) is 124 Å². The predicted octanol–water partition coefficient (Wildman–Crippen LogP) is 2.11. The molecule has 3 amide bonds. The molecule has 3 aliphatic carbocycles. The lowest BCUT2D eigenvalue weighted by molar-refractivity contribution is -0.152. The van der Waals surface area contributed by atoms with Gasteiger partial charge >= 0.3 is 12.1 Å². The van der Waals surface area contributed by atoms with Crippen molar-refractivity contribution in [2.24, 2.45) is 17.6 Å². The first-order chi connectivity index (χ1) is 26.1. The molecule has 17 heteroatoms. The monoisotopic (exact) mass is 777 g/mol. The highest BCUT2D eigenvalue weighted by molar-refractivity contribution is 6.25. The summed E-state index contributed by atoms with van der Waals surface area (Å²) in [5, 5.41) is 48.7. The predicted molar refractivity (Wildman–Crippen MR) is 201 cm³/mol. The first-order valence-electron chi connectivity index (χ1n) is 17.8. The van der Waals surface area contributed by atoms with Crippen LogP contribution in [0, 0.1) is 11.8 Å². The molecule has 300 valence electrons. The number of hydrogen-bond acceptors (Lipinski definition) is 14. The van der Waals surface area contributed by atoms with E-state index in [1.54, 1.807) is 84.2 Å². The molecule has 0 saturated heterocycles. The largest absolute Gasteiger partial charge is 0.510 e. The highest BCUT2D eigenvalue weighted by atomic mass is 16.7. The number of esters is 1. The molecule has 0 radical (unpaired) electrons. The van der Waals surface area contributed by atoms with Crippen molar-refractivity contribution in [3.05, 3.63) is 75.8 Å². The first-order valence-corrected chi connectivity index (χ1v) is 17.8. The van der Waals surface area contributed by atoms with Crippen molar-refractivity contribution < 1.29 is 58.7 Å². The number of nitrogens with two attached hydrogens (primary N) is 1. The number of benzene rings is 2. The number of rotatable bonds is 10. The average molecular weight is 778 g/mol. The third-order valence-corrected chi connectivity index (χ3v) is 10.4. The summed E-state index contributed by atoms with van der Waals surface area (Å²) >= 11 is 0. The van der Waals surface area contributed by atoms with Gasteiger partial charge in [0.15, 0.2) is 17.1 Å². The maximum Gasteiger partial charge on any atom is 0.413 e. The Kier molecular flexibility index (Phi) is 11.3. The van der Waals surface area contributed by atoms with Crippen LogP contribution >= 0.6 is 0 Å². The Morgan fingerprint density at radius 3 is 2.21 bits per heavy atom. The number of ether oxygens (including phenoxy) is 2. The van der Waals surface area contributed by atoms with Gasteiger partial charge in [-0.1, -0.05) is 30.3 Å². The van der Waals surface area contributed by atoms with E-state index in [1.807, 2.05) is 0 Å². The lowest BCUT2D eigenvalue weighted by Crippen LogP contribution is -2.63. The number of amides is 3. The van der Waals surface area contributed by atoms with Crippen molar-refractivity contribution in [1.82, 2.24) is 9.80 Å². The fraction of sp³-hybridized carbons (Fsp3) is 0.436. The molecule has 0 bridgehead atoms. The van der Waals surface area contributed by atoms with Crippen LogP contribution in [0.25, 0.3) is 0 Å². The number of ketones is 2. The highest BCUT2D eigenvalue weighted by Crippen LogP contribution is 2.54. The van der Waals surface area contributed by atoms with E-state index in [0.717, 1.165) is 4.90 Å². The van der Waals surface area contributed by atoms with E-state index >= 15 is 0 Å².